The molecule has 1 fully saturated rings. The Bertz CT molecular complexity index is 652. The lowest BCUT2D eigenvalue weighted by Gasteiger charge is -2.38. The van der Waals surface area contributed by atoms with Crippen molar-refractivity contribution in [3.05, 3.63) is 47.8 Å². The Morgan fingerprint density at radius 2 is 1.96 bits per heavy atom. The zero-order chi connectivity index (χ0) is 17.2. The molecule has 6 heteroatoms. The number of ether oxygens (including phenoxy) is 2. The maximum atomic E-state index is 12.6. The van der Waals surface area contributed by atoms with Gasteiger partial charge in [0.25, 0.3) is 0 Å². The molecular weight excluding hydrogens is 308 g/mol. The molecule has 1 heterocycles. The van der Waals surface area contributed by atoms with Crippen LogP contribution in [0.2, 0.25) is 0 Å². The first-order valence-corrected chi connectivity index (χ1v) is 8.14. The number of hydrogen-bond acceptors (Lipinski definition) is 6. The number of carbonyl (C=O) groups excluding carboxylic acids is 2. The van der Waals surface area contributed by atoms with Gasteiger partial charge in [0.15, 0.2) is 0 Å². The minimum absolute atomic E-state index is 0.00969. The number of esters is 2. The fraction of sp³-hybridized carbons (Fsp3) is 0.444. The van der Waals surface area contributed by atoms with Gasteiger partial charge in [-0.05, 0) is 31.7 Å². The molecule has 24 heavy (non-hydrogen) atoms. The molecular formula is C18H22N2O4. The summed E-state index contributed by atoms with van der Waals surface area (Å²) in [6.45, 7) is 2.55. The van der Waals surface area contributed by atoms with Crippen LogP contribution in [-0.2, 0) is 19.1 Å². The molecule has 1 aromatic carbocycles. The average molecular weight is 330 g/mol. The molecule has 0 unspecified atom stereocenters. The molecule has 0 amide bonds. The lowest BCUT2D eigenvalue weighted by Crippen LogP contribution is -2.50. The molecule has 128 valence electrons. The minimum atomic E-state index is -1.11. The highest BCUT2D eigenvalue weighted by atomic mass is 16.6. The van der Waals surface area contributed by atoms with Crippen molar-refractivity contribution in [3.8, 4) is 0 Å². The fourth-order valence-corrected chi connectivity index (χ4v) is 3.10. The van der Waals surface area contributed by atoms with Crippen molar-refractivity contribution in [2.75, 3.05) is 13.8 Å². The molecule has 1 saturated carbocycles. The molecule has 1 aliphatic heterocycles. The highest BCUT2D eigenvalue weighted by Crippen LogP contribution is 2.38. The number of hydrogen-bond donors (Lipinski definition) is 1. The van der Waals surface area contributed by atoms with E-state index in [0.717, 1.165) is 12.0 Å². The van der Waals surface area contributed by atoms with E-state index in [4.69, 9.17) is 9.47 Å². The number of rotatable bonds is 5. The molecule has 3 rings (SSSR count). The van der Waals surface area contributed by atoms with E-state index in [1.54, 1.807) is 6.20 Å². The highest BCUT2D eigenvalue weighted by molar-refractivity contribution is 5.92. The van der Waals surface area contributed by atoms with Crippen molar-refractivity contribution >= 4 is 11.9 Å². The van der Waals surface area contributed by atoms with Crippen molar-refractivity contribution in [1.82, 2.24) is 10.2 Å². The van der Waals surface area contributed by atoms with Crippen LogP contribution in [0.5, 0.6) is 0 Å². The Morgan fingerprint density at radius 3 is 2.54 bits per heavy atom. The summed E-state index contributed by atoms with van der Waals surface area (Å²) in [6, 6.07) is 9.95. The van der Waals surface area contributed by atoms with Crippen LogP contribution in [0.15, 0.2) is 42.2 Å². The second-order valence-electron chi connectivity index (χ2n) is 6.18. The van der Waals surface area contributed by atoms with Crippen molar-refractivity contribution in [2.24, 2.45) is 0 Å². The first kappa shape index (κ1) is 16.4. The van der Waals surface area contributed by atoms with Gasteiger partial charge in [-0.25, -0.2) is 9.59 Å². The quantitative estimate of drug-likeness (QED) is 0.834. The summed E-state index contributed by atoms with van der Waals surface area (Å²) in [5.74, 6) is -0.968. The standard InChI is InChI=1S/C18H22N2O4/c1-13(14-7-4-3-5-8-14)20-12-19-11-15(20)16(21)24-18(9-6-10-18)17(22)23-2/h3-5,7-8,11,13,19H,6,9-10,12H2,1-2H3/t13-/m1/s1. The van der Waals surface area contributed by atoms with E-state index in [0.29, 0.717) is 25.2 Å². The van der Waals surface area contributed by atoms with Crippen LogP contribution in [0.25, 0.3) is 0 Å². The number of carbonyl (C=O) groups is 2. The molecule has 0 aromatic heterocycles. The molecule has 1 atom stereocenters. The normalized spacial score (nSPS) is 19.6. The van der Waals surface area contributed by atoms with Crippen molar-refractivity contribution in [2.45, 2.75) is 37.8 Å². The van der Waals surface area contributed by atoms with Gasteiger partial charge in [0.1, 0.15) is 5.70 Å². The van der Waals surface area contributed by atoms with Crippen molar-refractivity contribution < 1.29 is 19.1 Å². The van der Waals surface area contributed by atoms with E-state index in [-0.39, 0.29) is 6.04 Å². The van der Waals surface area contributed by atoms with Crippen LogP contribution < -0.4 is 5.32 Å². The molecule has 0 bridgehead atoms. The lowest BCUT2D eigenvalue weighted by atomic mass is 9.80. The van der Waals surface area contributed by atoms with Crippen LogP contribution >= 0.6 is 0 Å². The van der Waals surface area contributed by atoms with Crippen molar-refractivity contribution in [3.63, 3.8) is 0 Å². The SMILES string of the molecule is COC(=O)C1(OC(=O)C2=CNCN2[C@H](C)c2ccccc2)CCC1. The lowest BCUT2D eigenvalue weighted by molar-refractivity contribution is -0.189. The van der Waals surface area contributed by atoms with Crippen LogP contribution in [0.1, 0.15) is 37.8 Å². The first-order valence-electron chi connectivity index (χ1n) is 8.14. The summed E-state index contributed by atoms with van der Waals surface area (Å²) >= 11 is 0. The topological polar surface area (TPSA) is 67.9 Å². The van der Waals surface area contributed by atoms with Gasteiger partial charge in [-0.1, -0.05) is 30.3 Å². The zero-order valence-electron chi connectivity index (χ0n) is 14.0. The number of nitrogens with zero attached hydrogens (tertiary/aromatic N) is 1. The van der Waals surface area contributed by atoms with Crippen LogP contribution in [0, 0.1) is 0 Å². The molecule has 0 radical (unpaired) electrons. The molecule has 0 saturated heterocycles. The maximum absolute atomic E-state index is 12.6. The predicted molar refractivity (Wildman–Crippen MR) is 87.5 cm³/mol. The smallest absolute Gasteiger partial charge is 0.357 e. The van der Waals surface area contributed by atoms with E-state index in [2.05, 4.69) is 5.32 Å². The third-order valence-electron chi connectivity index (χ3n) is 4.78. The summed E-state index contributed by atoms with van der Waals surface area (Å²) in [7, 11) is 1.32. The average Bonchev–Trinajstić information content (AvgIpc) is 3.07. The second kappa shape index (κ2) is 6.55. The second-order valence-corrected chi connectivity index (χ2v) is 6.18. The number of benzene rings is 1. The van der Waals surface area contributed by atoms with E-state index >= 15 is 0 Å². The third kappa shape index (κ3) is 2.84. The summed E-state index contributed by atoms with van der Waals surface area (Å²) in [5, 5.41) is 3.07. The number of methoxy groups -OCH3 is 1. The van der Waals surface area contributed by atoms with Gasteiger partial charge >= 0.3 is 11.9 Å². The van der Waals surface area contributed by atoms with Crippen molar-refractivity contribution in [1.29, 1.82) is 0 Å². The predicted octanol–water partition coefficient (Wildman–Crippen LogP) is 2.09. The Hall–Kier alpha value is -2.50. The molecule has 1 aromatic rings. The van der Waals surface area contributed by atoms with Gasteiger partial charge in [0.05, 0.1) is 19.8 Å². The third-order valence-corrected chi connectivity index (χ3v) is 4.78. The van der Waals surface area contributed by atoms with Gasteiger partial charge in [0, 0.05) is 6.20 Å². The monoisotopic (exact) mass is 330 g/mol. The van der Waals surface area contributed by atoms with E-state index in [1.807, 2.05) is 42.2 Å². The summed E-state index contributed by atoms with van der Waals surface area (Å²) in [4.78, 5) is 26.5. The first-order chi connectivity index (χ1) is 11.6. The molecule has 2 aliphatic rings. The van der Waals surface area contributed by atoms with Crippen LogP contribution in [0.3, 0.4) is 0 Å². The van der Waals surface area contributed by atoms with Gasteiger partial charge in [0.2, 0.25) is 5.60 Å². The summed E-state index contributed by atoms with van der Waals surface area (Å²) in [5.41, 5.74) is 0.421. The van der Waals surface area contributed by atoms with Gasteiger partial charge in [-0.2, -0.15) is 0 Å². The fourth-order valence-electron chi connectivity index (χ4n) is 3.10. The Kier molecular flexibility index (Phi) is 4.46. The Labute approximate surface area is 141 Å². The van der Waals surface area contributed by atoms with E-state index in [1.165, 1.54) is 7.11 Å². The number of nitrogens with one attached hydrogen (secondary N) is 1. The van der Waals surface area contributed by atoms with Crippen LogP contribution in [0.4, 0.5) is 0 Å². The van der Waals surface area contributed by atoms with Gasteiger partial charge < -0.3 is 19.7 Å². The highest BCUT2D eigenvalue weighted by Gasteiger charge is 2.50. The molecule has 1 aliphatic carbocycles. The largest absolute Gasteiger partial charge is 0.466 e. The van der Waals surface area contributed by atoms with Gasteiger partial charge in [-0.3, -0.25) is 0 Å². The minimum Gasteiger partial charge on any atom is -0.466 e. The van der Waals surface area contributed by atoms with Gasteiger partial charge in [-0.15, -0.1) is 0 Å². The summed E-state index contributed by atoms with van der Waals surface area (Å²) in [6.07, 6.45) is 3.52. The zero-order valence-corrected chi connectivity index (χ0v) is 14.0. The Morgan fingerprint density at radius 1 is 1.25 bits per heavy atom. The Balaban J connectivity index is 1.73. The maximum Gasteiger partial charge on any atom is 0.357 e. The van der Waals surface area contributed by atoms with E-state index < -0.39 is 17.5 Å². The molecule has 0 spiro atoms. The summed E-state index contributed by atoms with van der Waals surface area (Å²) < 4.78 is 10.4. The van der Waals surface area contributed by atoms with E-state index in [9.17, 15) is 9.59 Å². The molecule has 1 N–H and O–H groups in total. The van der Waals surface area contributed by atoms with Crippen LogP contribution in [-0.4, -0.2) is 36.2 Å². The molecule has 6 nitrogen and oxygen atoms in total.